The highest BCUT2D eigenvalue weighted by Crippen LogP contribution is 2.45. The van der Waals surface area contributed by atoms with Crippen molar-refractivity contribution in [2.75, 3.05) is 33.3 Å². The van der Waals surface area contributed by atoms with Gasteiger partial charge in [-0.3, -0.25) is 9.59 Å². The number of Topliss-reactive ketones (excluding diaryl/α,β-unsaturated/α-hetero) is 1. The SMILES string of the molecule is COc1ccc(C(=O)C2CCN(C(=O)[C@@]34CCCC[C@H]3CNC4)CC2)cc1. The fraction of sp³-hybridized carbons (Fsp3) is 0.636. The summed E-state index contributed by atoms with van der Waals surface area (Å²) >= 11 is 0. The zero-order chi connectivity index (χ0) is 18.9. The summed E-state index contributed by atoms with van der Waals surface area (Å²) in [6.07, 6.45) is 6.14. The number of hydrogen-bond donors (Lipinski definition) is 1. The Morgan fingerprint density at radius 3 is 2.56 bits per heavy atom. The van der Waals surface area contributed by atoms with Gasteiger partial charge in [-0.1, -0.05) is 12.8 Å². The summed E-state index contributed by atoms with van der Waals surface area (Å²) in [5.41, 5.74) is 0.567. The van der Waals surface area contributed by atoms with Gasteiger partial charge in [0, 0.05) is 31.1 Å². The number of carbonyl (C=O) groups is 2. The predicted molar refractivity (Wildman–Crippen MR) is 104 cm³/mol. The monoisotopic (exact) mass is 370 g/mol. The van der Waals surface area contributed by atoms with Gasteiger partial charge in [-0.15, -0.1) is 0 Å². The lowest BCUT2D eigenvalue weighted by molar-refractivity contribution is -0.146. The lowest BCUT2D eigenvalue weighted by atomic mass is 9.67. The average molecular weight is 370 g/mol. The van der Waals surface area contributed by atoms with E-state index < -0.39 is 0 Å². The van der Waals surface area contributed by atoms with E-state index in [4.69, 9.17) is 4.74 Å². The molecule has 2 atom stereocenters. The summed E-state index contributed by atoms with van der Waals surface area (Å²) < 4.78 is 5.17. The zero-order valence-electron chi connectivity index (χ0n) is 16.2. The summed E-state index contributed by atoms with van der Waals surface area (Å²) in [6.45, 7) is 3.24. The fourth-order valence-corrected chi connectivity index (χ4v) is 5.32. The Labute approximate surface area is 161 Å². The minimum atomic E-state index is -0.176. The number of nitrogens with one attached hydrogen (secondary N) is 1. The Kier molecular flexibility index (Phi) is 5.22. The Morgan fingerprint density at radius 2 is 1.85 bits per heavy atom. The van der Waals surface area contributed by atoms with E-state index in [-0.39, 0.29) is 17.1 Å². The van der Waals surface area contributed by atoms with E-state index >= 15 is 0 Å². The molecule has 1 amide bonds. The van der Waals surface area contributed by atoms with Gasteiger partial charge in [0.15, 0.2) is 5.78 Å². The number of benzene rings is 1. The molecule has 1 N–H and O–H groups in total. The van der Waals surface area contributed by atoms with Crippen LogP contribution in [0.4, 0.5) is 0 Å². The number of ether oxygens (including phenoxy) is 1. The number of rotatable bonds is 4. The van der Waals surface area contributed by atoms with Crippen molar-refractivity contribution in [3.8, 4) is 5.75 Å². The third-order valence-electron chi connectivity index (χ3n) is 6.99. The first-order chi connectivity index (χ1) is 13.1. The summed E-state index contributed by atoms with van der Waals surface area (Å²) in [4.78, 5) is 28.2. The second kappa shape index (κ2) is 7.63. The van der Waals surface area contributed by atoms with Crippen molar-refractivity contribution >= 4 is 11.7 Å². The molecule has 3 fully saturated rings. The molecule has 1 aliphatic carbocycles. The maximum absolute atomic E-state index is 13.4. The van der Waals surface area contributed by atoms with Gasteiger partial charge < -0.3 is 15.0 Å². The normalized spacial score (nSPS) is 28.6. The number of nitrogens with zero attached hydrogens (tertiary/aromatic N) is 1. The largest absolute Gasteiger partial charge is 0.497 e. The molecule has 146 valence electrons. The van der Waals surface area contributed by atoms with Crippen LogP contribution < -0.4 is 10.1 Å². The van der Waals surface area contributed by atoms with E-state index in [0.29, 0.717) is 24.9 Å². The number of amides is 1. The Hall–Kier alpha value is -1.88. The van der Waals surface area contributed by atoms with E-state index in [1.165, 1.54) is 12.8 Å². The summed E-state index contributed by atoms with van der Waals surface area (Å²) in [6, 6.07) is 7.35. The van der Waals surface area contributed by atoms with Crippen molar-refractivity contribution in [3.63, 3.8) is 0 Å². The van der Waals surface area contributed by atoms with Crippen molar-refractivity contribution in [2.24, 2.45) is 17.3 Å². The molecule has 2 aliphatic heterocycles. The molecule has 0 unspecified atom stereocenters. The van der Waals surface area contributed by atoms with Crippen LogP contribution >= 0.6 is 0 Å². The topological polar surface area (TPSA) is 58.6 Å². The van der Waals surface area contributed by atoms with Gasteiger partial charge in [-0.2, -0.15) is 0 Å². The van der Waals surface area contributed by atoms with Gasteiger partial charge in [0.2, 0.25) is 5.91 Å². The van der Waals surface area contributed by atoms with Crippen molar-refractivity contribution in [1.82, 2.24) is 10.2 Å². The van der Waals surface area contributed by atoms with Crippen LogP contribution in [0.1, 0.15) is 48.9 Å². The standard InChI is InChI=1S/C22H30N2O3/c1-27-19-7-5-16(6-8-19)20(25)17-9-12-24(13-10-17)21(26)22-11-3-2-4-18(22)14-23-15-22/h5-8,17-18,23H,2-4,9-15H2,1H3/t18-,22+/m0/s1. The molecule has 0 bridgehead atoms. The molecule has 5 heteroatoms. The van der Waals surface area contributed by atoms with E-state index in [1.54, 1.807) is 7.11 Å². The maximum Gasteiger partial charge on any atom is 0.230 e. The first kappa shape index (κ1) is 18.5. The number of carbonyl (C=O) groups excluding carboxylic acids is 2. The zero-order valence-corrected chi connectivity index (χ0v) is 16.2. The third kappa shape index (κ3) is 3.38. The lowest BCUT2D eigenvalue weighted by Gasteiger charge is -2.42. The summed E-state index contributed by atoms with van der Waals surface area (Å²) in [5.74, 6) is 1.81. The predicted octanol–water partition coefficient (Wildman–Crippen LogP) is 2.90. The van der Waals surface area contributed by atoms with Crippen LogP contribution in [0.3, 0.4) is 0 Å². The smallest absolute Gasteiger partial charge is 0.230 e. The van der Waals surface area contributed by atoms with Gasteiger partial charge in [-0.05, 0) is 62.4 Å². The number of hydrogen-bond acceptors (Lipinski definition) is 4. The second-order valence-electron chi connectivity index (χ2n) is 8.39. The van der Waals surface area contributed by atoms with Crippen LogP contribution in [0.2, 0.25) is 0 Å². The van der Waals surface area contributed by atoms with Crippen molar-refractivity contribution in [1.29, 1.82) is 0 Å². The number of likely N-dealkylation sites (tertiary alicyclic amines) is 1. The number of piperidine rings is 1. The molecular formula is C22H30N2O3. The fourth-order valence-electron chi connectivity index (χ4n) is 5.32. The quantitative estimate of drug-likeness (QED) is 0.828. The maximum atomic E-state index is 13.4. The van der Waals surface area contributed by atoms with Crippen molar-refractivity contribution < 1.29 is 14.3 Å². The average Bonchev–Trinajstić information content (AvgIpc) is 3.18. The van der Waals surface area contributed by atoms with Crippen LogP contribution in [0, 0.1) is 17.3 Å². The lowest BCUT2D eigenvalue weighted by Crippen LogP contribution is -2.52. The van der Waals surface area contributed by atoms with Gasteiger partial charge in [0.1, 0.15) is 5.75 Å². The second-order valence-corrected chi connectivity index (χ2v) is 8.39. The van der Waals surface area contributed by atoms with Crippen LogP contribution in [0.25, 0.3) is 0 Å². The molecule has 1 aromatic carbocycles. The molecular weight excluding hydrogens is 340 g/mol. The highest BCUT2D eigenvalue weighted by Gasteiger charge is 2.51. The Bertz CT molecular complexity index is 694. The Morgan fingerprint density at radius 1 is 1.11 bits per heavy atom. The summed E-state index contributed by atoms with van der Waals surface area (Å²) in [7, 11) is 1.62. The molecule has 2 saturated heterocycles. The molecule has 0 radical (unpaired) electrons. The van der Waals surface area contributed by atoms with Crippen LogP contribution in [-0.2, 0) is 4.79 Å². The van der Waals surface area contributed by atoms with Gasteiger partial charge in [0.25, 0.3) is 0 Å². The number of fused-ring (bicyclic) bond motifs is 1. The molecule has 1 saturated carbocycles. The molecule has 3 aliphatic rings. The summed E-state index contributed by atoms with van der Waals surface area (Å²) in [5, 5.41) is 3.47. The highest BCUT2D eigenvalue weighted by atomic mass is 16.5. The molecule has 2 heterocycles. The van der Waals surface area contributed by atoms with Crippen molar-refractivity contribution in [3.05, 3.63) is 29.8 Å². The molecule has 4 rings (SSSR count). The number of methoxy groups -OCH3 is 1. The van der Waals surface area contributed by atoms with E-state index in [1.807, 2.05) is 29.2 Å². The van der Waals surface area contributed by atoms with Gasteiger partial charge in [-0.25, -0.2) is 0 Å². The first-order valence-corrected chi connectivity index (χ1v) is 10.3. The molecule has 0 spiro atoms. The van der Waals surface area contributed by atoms with Crippen molar-refractivity contribution in [2.45, 2.75) is 38.5 Å². The van der Waals surface area contributed by atoms with Crippen LogP contribution in [-0.4, -0.2) is 49.9 Å². The molecule has 1 aromatic rings. The van der Waals surface area contributed by atoms with Crippen LogP contribution in [0.5, 0.6) is 5.75 Å². The van der Waals surface area contributed by atoms with E-state index in [0.717, 1.165) is 50.1 Å². The minimum absolute atomic E-state index is 0.0174. The molecule has 5 nitrogen and oxygen atoms in total. The van der Waals surface area contributed by atoms with Gasteiger partial charge in [0.05, 0.1) is 12.5 Å². The molecule has 0 aromatic heterocycles. The van der Waals surface area contributed by atoms with E-state index in [9.17, 15) is 9.59 Å². The number of ketones is 1. The van der Waals surface area contributed by atoms with Crippen LogP contribution in [0.15, 0.2) is 24.3 Å². The minimum Gasteiger partial charge on any atom is -0.497 e. The highest BCUT2D eigenvalue weighted by molar-refractivity contribution is 5.98. The molecule has 27 heavy (non-hydrogen) atoms. The van der Waals surface area contributed by atoms with Gasteiger partial charge >= 0.3 is 0 Å². The third-order valence-corrected chi connectivity index (χ3v) is 6.99. The Balaban J connectivity index is 1.38. The first-order valence-electron chi connectivity index (χ1n) is 10.3. The van der Waals surface area contributed by atoms with E-state index in [2.05, 4.69) is 5.32 Å².